The average Bonchev–Trinajstić information content (AvgIpc) is 2.40. The van der Waals surface area contributed by atoms with Crippen LogP contribution in [0.15, 0.2) is 27.6 Å². The maximum Gasteiger partial charge on any atom is 0.262 e. The minimum atomic E-state index is -3.89. The summed E-state index contributed by atoms with van der Waals surface area (Å²) in [6, 6.07) is 4.65. The molecule has 0 saturated carbocycles. The van der Waals surface area contributed by atoms with Crippen molar-refractivity contribution < 1.29 is 13.2 Å². The first-order chi connectivity index (χ1) is 9.70. The molecule has 0 aromatic heterocycles. The number of amides is 1. The van der Waals surface area contributed by atoms with Gasteiger partial charge in [0.25, 0.3) is 15.0 Å². The van der Waals surface area contributed by atoms with Crippen LogP contribution >= 0.6 is 26.6 Å². The lowest BCUT2D eigenvalue weighted by molar-refractivity contribution is 0.0574. The van der Waals surface area contributed by atoms with E-state index in [-0.39, 0.29) is 16.8 Å². The van der Waals surface area contributed by atoms with Gasteiger partial charge < -0.3 is 4.90 Å². The van der Waals surface area contributed by atoms with Crippen molar-refractivity contribution in [3.05, 3.63) is 28.2 Å². The largest absolute Gasteiger partial charge is 0.336 e. The van der Waals surface area contributed by atoms with E-state index in [9.17, 15) is 13.2 Å². The molecule has 116 valence electrons. The van der Waals surface area contributed by atoms with Gasteiger partial charge in [0.1, 0.15) is 0 Å². The van der Waals surface area contributed by atoms with Crippen LogP contribution in [0.25, 0.3) is 0 Å². The van der Waals surface area contributed by atoms with E-state index < -0.39 is 9.05 Å². The number of hydrogen-bond donors (Lipinski definition) is 0. The molecule has 2 rings (SSSR count). The van der Waals surface area contributed by atoms with E-state index in [1.807, 2.05) is 11.8 Å². The first-order valence-corrected chi connectivity index (χ1v) is 9.85. The van der Waals surface area contributed by atoms with E-state index in [1.54, 1.807) is 12.1 Å². The fourth-order valence-electron chi connectivity index (χ4n) is 2.56. The fraction of sp³-hybridized carbons (Fsp3) is 0.500. The number of rotatable bonds is 2. The SMILES string of the molecule is CC1CCC(C)N(C(=O)c2ccc(Br)c(S(=O)(=O)Cl)c2)C1. The minimum absolute atomic E-state index is 0.0762. The van der Waals surface area contributed by atoms with Gasteiger partial charge in [-0.1, -0.05) is 6.92 Å². The zero-order chi connectivity index (χ0) is 15.8. The summed E-state index contributed by atoms with van der Waals surface area (Å²) < 4.78 is 23.4. The molecular weight excluding hydrogens is 378 g/mol. The second kappa shape index (κ2) is 6.26. The zero-order valence-corrected chi connectivity index (χ0v) is 15.0. The summed E-state index contributed by atoms with van der Waals surface area (Å²) in [6.45, 7) is 4.82. The van der Waals surface area contributed by atoms with Crippen LogP contribution in [0.1, 0.15) is 37.0 Å². The molecule has 0 spiro atoms. The van der Waals surface area contributed by atoms with Gasteiger partial charge in [-0.25, -0.2) is 8.42 Å². The number of carbonyl (C=O) groups excluding carboxylic acids is 1. The third-order valence-electron chi connectivity index (χ3n) is 3.82. The van der Waals surface area contributed by atoms with Crippen molar-refractivity contribution in [3.8, 4) is 0 Å². The number of hydrogen-bond acceptors (Lipinski definition) is 3. The van der Waals surface area contributed by atoms with Crippen LogP contribution in [-0.4, -0.2) is 31.8 Å². The van der Waals surface area contributed by atoms with Crippen LogP contribution in [-0.2, 0) is 9.05 Å². The molecule has 1 amide bonds. The van der Waals surface area contributed by atoms with E-state index in [4.69, 9.17) is 10.7 Å². The standard InChI is InChI=1S/C14H17BrClNO3S/c1-9-3-4-10(2)17(8-9)14(18)11-5-6-12(15)13(7-11)21(16,19)20/h5-7,9-10H,3-4,8H2,1-2H3. The highest BCUT2D eigenvalue weighted by Gasteiger charge is 2.28. The molecular formula is C14H17BrClNO3S. The van der Waals surface area contributed by atoms with Crippen LogP contribution in [0.5, 0.6) is 0 Å². The minimum Gasteiger partial charge on any atom is -0.336 e. The van der Waals surface area contributed by atoms with Crippen molar-refractivity contribution in [3.63, 3.8) is 0 Å². The highest BCUT2D eigenvalue weighted by atomic mass is 79.9. The van der Waals surface area contributed by atoms with Gasteiger partial charge in [-0.3, -0.25) is 4.79 Å². The molecule has 1 fully saturated rings. The monoisotopic (exact) mass is 393 g/mol. The quantitative estimate of drug-likeness (QED) is 0.720. The molecule has 21 heavy (non-hydrogen) atoms. The van der Waals surface area contributed by atoms with Gasteiger partial charge in [0.15, 0.2) is 0 Å². The summed E-state index contributed by atoms with van der Waals surface area (Å²) in [5.74, 6) is 0.306. The van der Waals surface area contributed by atoms with Crippen LogP contribution < -0.4 is 0 Å². The Balaban J connectivity index is 2.36. The lowest BCUT2D eigenvalue weighted by Crippen LogP contribution is -2.44. The average molecular weight is 395 g/mol. The third kappa shape index (κ3) is 3.79. The second-order valence-corrected chi connectivity index (χ2v) is 8.96. The number of carbonyl (C=O) groups is 1. The van der Waals surface area contributed by atoms with Crippen LogP contribution in [0.3, 0.4) is 0 Å². The van der Waals surface area contributed by atoms with Gasteiger partial charge in [0.2, 0.25) is 0 Å². The highest BCUT2D eigenvalue weighted by molar-refractivity contribution is 9.10. The Hall–Kier alpha value is -0.590. The van der Waals surface area contributed by atoms with Gasteiger partial charge in [0, 0.05) is 33.3 Å². The molecule has 1 saturated heterocycles. The molecule has 1 aliphatic heterocycles. The molecule has 1 aliphatic rings. The van der Waals surface area contributed by atoms with Crippen molar-refractivity contribution in [2.45, 2.75) is 37.6 Å². The number of halogens is 2. The Morgan fingerprint density at radius 1 is 1.33 bits per heavy atom. The molecule has 0 radical (unpaired) electrons. The van der Waals surface area contributed by atoms with Gasteiger partial charge >= 0.3 is 0 Å². The van der Waals surface area contributed by atoms with Gasteiger partial charge in [-0.15, -0.1) is 0 Å². The van der Waals surface area contributed by atoms with Crippen molar-refractivity contribution in [1.82, 2.24) is 4.90 Å². The molecule has 0 aliphatic carbocycles. The molecule has 2 unspecified atom stereocenters. The maximum atomic E-state index is 12.6. The van der Waals surface area contributed by atoms with E-state index in [0.717, 1.165) is 12.8 Å². The molecule has 4 nitrogen and oxygen atoms in total. The number of benzene rings is 1. The zero-order valence-electron chi connectivity index (χ0n) is 11.8. The van der Waals surface area contributed by atoms with Crippen LogP contribution in [0.4, 0.5) is 0 Å². The van der Waals surface area contributed by atoms with E-state index >= 15 is 0 Å². The highest BCUT2D eigenvalue weighted by Crippen LogP contribution is 2.28. The van der Waals surface area contributed by atoms with E-state index in [0.29, 0.717) is 22.5 Å². The molecule has 1 heterocycles. The van der Waals surface area contributed by atoms with Crippen molar-refractivity contribution in [2.24, 2.45) is 5.92 Å². The summed E-state index contributed by atoms with van der Waals surface area (Å²) in [4.78, 5) is 14.4. The van der Waals surface area contributed by atoms with Crippen LogP contribution in [0, 0.1) is 5.92 Å². The lowest BCUT2D eigenvalue weighted by atomic mass is 9.94. The normalized spacial score (nSPS) is 23.1. The van der Waals surface area contributed by atoms with Crippen molar-refractivity contribution in [2.75, 3.05) is 6.54 Å². The van der Waals surface area contributed by atoms with Gasteiger partial charge in [-0.2, -0.15) is 0 Å². The van der Waals surface area contributed by atoms with E-state index in [1.165, 1.54) is 6.07 Å². The van der Waals surface area contributed by atoms with Crippen LogP contribution in [0.2, 0.25) is 0 Å². The topological polar surface area (TPSA) is 54.5 Å². The summed E-state index contributed by atoms with van der Waals surface area (Å²) >= 11 is 3.14. The summed E-state index contributed by atoms with van der Waals surface area (Å²) in [5, 5.41) is 0. The Morgan fingerprint density at radius 3 is 2.62 bits per heavy atom. The van der Waals surface area contributed by atoms with Gasteiger partial charge in [-0.05, 0) is 59.8 Å². The molecule has 0 N–H and O–H groups in total. The Kier molecular flexibility index (Phi) is 5.00. The second-order valence-electron chi connectivity index (χ2n) is 5.57. The third-order valence-corrected chi connectivity index (χ3v) is 6.14. The summed E-state index contributed by atoms with van der Waals surface area (Å²) in [6.07, 6.45) is 2.07. The first-order valence-electron chi connectivity index (χ1n) is 6.75. The number of nitrogens with zero attached hydrogens (tertiary/aromatic N) is 1. The maximum absolute atomic E-state index is 12.6. The summed E-state index contributed by atoms with van der Waals surface area (Å²) in [7, 11) is 1.51. The molecule has 0 bridgehead atoms. The fourth-order valence-corrected chi connectivity index (χ4v) is 4.68. The van der Waals surface area contributed by atoms with Gasteiger partial charge in [0.05, 0.1) is 4.90 Å². The Morgan fingerprint density at radius 2 is 2.00 bits per heavy atom. The Bertz CT molecular complexity index is 662. The summed E-state index contributed by atoms with van der Waals surface area (Å²) in [5.41, 5.74) is 0.346. The molecule has 7 heteroatoms. The van der Waals surface area contributed by atoms with Crippen molar-refractivity contribution >= 4 is 41.6 Å². The number of likely N-dealkylation sites (tertiary alicyclic amines) is 1. The first kappa shape index (κ1) is 16.8. The molecule has 1 aromatic carbocycles. The van der Waals surface area contributed by atoms with E-state index in [2.05, 4.69) is 22.9 Å². The molecule has 2 atom stereocenters. The number of piperidine rings is 1. The lowest BCUT2D eigenvalue weighted by Gasteiger charge is -2.37. The predicted molar refractivity (Wildman–Crippen MR) is 86.1 cm³/mol. The van der Waals surface area contributed by atoms with Crippen molar-refractivity contribution in [1.29, 1.82) is 0 Å². The smallest absolute Gasteiger partial charge is 0.262 e. The predicted octanol–water partition coefficient (Wildman–Crippen LogP) is 3.64. The Labute approximate surface area is 138 Å². The molecule has 1 aromatic rings.